The third-order valence-electron chi connectivity index (χ3n) is 4.11. The second kappa shape index (κ2) is 5.36. The molecule has 0 spiro atoms. The average Bonchev–Trinajstić information content (AvgIpc) is 3.13. The summed E-state index contributed by atoms with van der Waals surface area (Å²) >= 11 is 0. The van der Waals surface area contributed by atoms with E-state index in [1.807, 2.05) is 6.92 Å². The van der Waals surface area contributed by atoms with Crippen LogP contribution in [0, 0.1) is 0 Å². The maximum atomic E-state index is 10.2. The lowest BCUT2D eigenvalue weighted by Gasteiger charge is -2.39. The van der Waals surface area contributed by atoms with Gasteiger partial charge in [-0.05, 0) is 19.8 Å². The molecular formula is C13H23N3O3. The topological polar surface area (TPSA) is 86.1 Å². The number of nitrogens with one attached hydrogen (secondary N) is 2. The van der Waals surface area contributed by atoms with Crippen LogP contribution in [-0.2, 0) is 4.74 Å². The number of amidine groups is 1. The molecule has 108 valence electrons. The van der Waals surface area contributed by atoms with Crippen molar-refractivity contribution in [3.63, 3.8) is 0 Å². The lowest BCUT2D eigenvalue weighted by atomic mass is 9.94. The zero-order valence-electron chi connectivity index (χ0n) is 11.2. The van der Waals surface area contributed by atoms with Crippen LogP contribution in [0.1, 0.15) is 26.2 Å². The smallest absolute Gasteiger partial charge is 0.109 e. The Morgan fingerprint density at radius 1 is 1.37 bits per heavy atom. The molecule has 19 heavy (non-hydrogen) atoms. The minimum Gasteiger partial charge on any atom is -0.388 e. The van der Waals surface area contributed by atoms with Crippen LogP contribution < -0.4 is 10.6 Å². The highest BCUT2D eigenvalue weighted by molar-refractivity contribution is 5.85. The molecule has 4 N–H and O–H groups in total. The molecule has 1 aliphatic carbocycles. The Hall–Kier alpha value is -0.690. The molecule has 2 heterocycles. The molecule has 2 saturated heterocycles. The predicted molar refractivity (Wildman–Crippen MR) is 71.2 cm³/mol. The highest BCUT2D eigenvalue weighted by Crippen LogP contribution is 2.28. The molecule has 1 saturated carbocycles. The maximum absolute atomic E-state index is 10.2. The van der Waals surface area contributed by atoms with E-state index in [9.17, 15) is 10.2 Å². The van der Waals surface area contributed by atoms with E-state index in [1.165, 1.54) is 12.8 Å². The maximum Gasteiger partial charge on any atom is 0.109 e. The van der Waals surface area contributed by atoms with Crippen LogP contribution in [0.5, 0.6) is 0 Å². The summed E-state index contributed by atoms with van der Waals surface area (Å²) in [6.07, 6.45) is 1.03. The first-order valence-corrected chi connectivity index (χ1v) is 7.24. The average molecular weight is 269 g/mol. The van der Waals surface area contributed by atoms with E-state index in [-0.39, 0.29) is 18.2 Å². The SMILES string of the molecule is CCN=C1C[C@H]2O[C@H](CNC3CC3)[C@@H](O)[C@H](O)[C@H]2N1. The van der Waals surface area contributed by atoms with Gasteiger partial charge in [0.05, 0.1) is 24.1 Å². The normalized spacial score (nSPS) is 44.2. The van der Waals surface area contributed by atoms with Gasteiger partial charge >= 0.3 is 0 Å². The standard InChI is InChI=1S/C13H23N3O3/c1-2-14-10-5-8-11(16-10)13(18)12(17)9(19-8)6-15-7-3-4-7/h7-9,11-13,15,17-18H,2-6H2,1H3,(H,14,16)/t8-,9-,11+,12-,13-/m1/s1. The Labute approximate surface area is 113 Å². The first kappa shape index (κ1) is 13.3. The van der Waals surface area contributed by atoms with E-state index in [0.717, 1.165) is 5.84 Å². The Morgan fingerprint density at radius 2 is 2.16 bits per heavy atom. The fraction of sp³-hybridized carbons (Fsp3) is 0.923. The van der Waals surface area contributed by atoms with Gasteiger partial charge < -0.3 is 25.6 Å². The third kappa shape index (κ3) is 2.76. The van der Waals surface area contributed by atoms with Gasteiger partial charge in [-0.1, -0.05) is 0 Å². The number of nitrogens with zero attached hydrogens (tertiary/aromatic N) is 1. The summed E-state index contributed by atoms with van der Waals surface area (Å²) in [5.74, 6) is 0.875. The molecular weight excluding hydrogens is 246 g/mol. The Balaban J connectivity index is 1.62. The van der Waals surface area contributed by atoms with Crippen molar-refractivity contribution in [2.75, 3.05) is 13.1 Å². The molecule has 3 aliphatic rings. The van der Waals surface area contributed by atoms with Crippen molar-refractivity contribution in [2.24, 2.45) is 4.99 Å². The molecule has 0 aromatic rings. The molecule has 6 heteroatoms. The van der Waals surface area contributed by atoms with E-state index in [2.05, 4.69) is 15.6 Å². The molecule has 2 aliphatic heterocycles. The summed E-state index contributed by atoms with van der Waals surface area (Å²) in [4.78, 5) is 4.33. The van der Waals surface area contributed by atoms with Crippen LogP contribution in [0.3, 0.4) is 0 Å². The first-order valence-electron chi connectivity index (χ1n) is 7.24. The molecule has 0 unspecified atom stereocenters. The Morgan fingerprint density at radius 3 is 2.84 bits per heavy atom. The number of aliphatic imine (C=N–C) groups is 1. The molecule has 0 amide bonds. The molecule has 0 bridgehead atoms. The molecule has 0 aromatic heterocycles. The zero-order chi connectivity index (χ0) is 13.4. The summed E-state index contributed by atoms with van der Waals surface area (Å²) in [5, 5.41) is 26.9. The second-order valence-electron chi connectivity index (χ2n) is 5.67. The van der Waals surface area contributed by atoms with Crippen molar-refractivity contribution in [1.29, 1.82) is 0 Å². The largest absolute Gasteiger partial charge is 0.388 e. The van der Waals surface area contributed by atoms with E-state index in [0.29, 0.717) is 25.6 Å². The van der Waals surface area contributed by atoms with Crippen LogP contribution in [-0.4, -0.2) is 65.6 Å². The van der Waals surface area contributed by atoms with E-state index < -0.39 is 12.2 Å². The van der Waals surface area contributed by atoms with Crippen LogP contribution >= 0.6 is 0 Å². The quantitative estimate of drug-likeness (QED) is 0.526. The van der Waals surface area contributed by atoms with Gasteiger partial charge in [-0.15, -0.1) is 0 Å². The summed E-state index contributed by atoms with van der Waals surface area (Å²) < 4.78 is 5.93. The predicted octanol–water partition coefficient (Wildman–Crippen LogP) is -0.992. The lowest BCUT2D eigenvalue weighted by Crippen LogP contribution is -2.61. The van der Waals surface area contributed by atoms with Gasteiger partial charge in [0.25, 0.3) is 0 Å². The van der Waals surface area contributed by atoms with Crippen LogP contribution in [0.25, 0.3) is 0 Å². The van der Waals surface area contributed by atoms with Crippen LogP contribution in [0.15, 0.2) is 4.99 Å². The Kier molecular flexibility index (Phi) is 3.75. The first-order chi connectivity index (χ1) is 9.19. The Bertz CT molecular complexity index is 359. The molecule has 3 rings (SSSR count). The number of ether oxygens (including phenoxy) is 1. The fourth-order valence-corrected chi connectivity index (χ4v) is 2.88. The van der Waals surface area contributed by atoms with E-state index in [4.69, 9.17) is 4.74 Å². The third-order valence-corrected chi connectivity index (χ3v) is 4.11. The minimum atomic E-state index is -0.846. The highest BCUT2D eigenvalue weighted by Gasteiger charge is 2.48. The number of hydrogen-bond donors (Lipinski definition) is 4. The van der Waals surface area contributed by atoms with Gasteiger partial charge in [-0.25, -0.2) is 0 Å². The number of hydrogen-bond acceptors (Lipinski definition) is 5. The van der Waals surface area contributed by atoms with Gasteiger partial charge in [0, 0.05) is 25.6 Å². The number of fused-ring (bicyclic) bond motifs is 1. The van der Waals surface area contributed by atoms with Crippen LogP contribution in [0.4, 0.5) is 0 Å². The molecule has 6 nitrogen and oxygen atoms in total. The summed E-state index contributed by atoms with van der Waals surface area (Å²) in [6.45, 7) is 3.30. The summed E-state index contributed by atoms with van der Waals surface area (Å²) in [5.41, 5.74) is 0. The molecule has 0 radical (unpaired) electrons. The molecule has 3 fully saturated rings. The number of aliphatic hydroxyl groups is 2. The van der Waals surface area contributed by atoms with Gasteiger partial charge in [0.1, 0.15) is 12.2 Å². The monoisotopic (exact) mass is 269 g/mol. The number of aliphatic hydroxyl groups excluding tert-OH is 2. The van der Waals surface area contributed by atoms with Crippen molar-refractivity contribution >= 4 is 5.84 Å². The second-order valence-corrected chi connectivity index (χ2v) is 5.67. The van der Waals surface area contributed by atoms with Crippen molar-refractivity contribution in [3.05, 3.63) is 0 Å². The van der Waals surface area contributed by atoms with Gasteiger partial charge in [0.15, 0.2) is 0 Å². The summed E-state index contributed by atoms with van der Waals surface area (Å²) in [7, 11) is 0. The van der Waals surface area contributed by atoms with E-state index >= 15 is 0 Å². The van der Waals surface area contributed by atoms with E-state index in [1.54, 1.807) is 0 Å². The van der Waals surface area contributed by atoms with Gasteiger partial charge in [-0.3, -0.25) is 4.99 Å². The van der Waals surface area contributed by atoms with Crippen molar-refractivity contribution in [3.8, 4) is 0 Å². The minimum absolute atomic E-state index is 0.0882. The van der Waals surface area contributed by atoms with Gasteiger partial charge in [-0.2, -0.15) is 0 Å². The zero-order valence-corrected chi connectivity index (χ0v) is 11.2. The van der Waals surface area contributed by atoms with Crippen LogP contribution in [0.2, 0.25) is 0 Å². The van der Waals surface area contributed by atoms with Crippen molar-refractivity contribution in [2.45, 2.75) is 62.7 Å². The molecule has 0 aromatic carbocycles. The van der Waals surface area contributed by atoms with Crippen molar-refractivity contribution in [1.82, 2.24) is 10.6 Å². The fourth-order valence-electron chi connectivity index (χ4n) is 2.88. The number of rotatable bonds is 4. The highest BCUT2D eigenvalue weighted by atomic mass is 16.5. The van der Waals surface area contributed by atoms with Gasteiger partial charge in [0.2, 0.25) is 0 Å². The summed E-state index contributed by atoms with van der Waals surface area (Å²) in [6, 6.07) is 0.335. The van der Waals surface area contributed by atoms with Crippen molar-refractivity contribution < 1.29 is 14.9 Å². The molecule has 5 atom stereocenters. The lowest BCUT2D eigenvalue weighted by molar-refractivity contribution is -0.172.